The van der Waals surface area contributed by atoms with Crippen molar-refractivity contribution in [2.75, 3.05) is 26.4 Å². The predicted molar refractivity (Wildman–Crippen MR) is 240 cm³/mol. The number of carbonyl (C=O) groups excluding carboxylic acids is 1. The van der Waals surface area contributed by atoms with Crippen LogP contribution < -0.4 is 5.32 Å². The molecule has 3 heterocycles. The van der Waals surface area contributed by atoms with Crippen LogP contribution >= 0.6 is 0 Å². The van der Waals surface area contributed by atoms with E-state index >= 15 is 0 Å². The standard InChI is InChI=1S/C47H89NO18/c1-3-5-7-9-11-12-13-14-15-16-17-19-21-23-25-35(53)48-30(31(52)24-22-20-18-10-8-6-4-2)29-61-45-41(59)38(56)43(33(27-50)63-45)66-47-42(60)39(57)44(34(28-51)64-47)65-46-40(58)37(55)36(54)32(26-49)62-46/h30-34,36-47,49-52,54-60H,3-29H2,1-2H3,(H,48,53). The van der Waals surface area contributed by atoms with E-state index in [-0.39, 0.29) is 18.9 Å². The first-order valence-electron chi connectivity index (χ1n) is 25.3. The van der Waals surface area contributed by atoms with Crippen molar-refractivity contribution in [2.45, 2.75) is 266 Å². The monoisotopic (exact) mass is 956 g/mol. The summed E-state index contributed by atoms with van der Waals surface area (Å²) in [5.41, 5.74) is 0. The van der Waals surface area contributed by atoms with Gasteiger partial charge in [-0.1, -0.05) is 142 Å². The van der Waals surface area contributed by atoms with Crippen LogP contribution in [0.25, 0.3) is 0 Å². The van der Waals surface area contributed by atoms with Crippen molar-refractivity contribution in [1.29, 1.82) is 0 Å². The van der Waals surface area contributed by atoms with Crippen LogP contribution in [0, 0.1) is 0 Å². The lowest BCUT2D eigenvalue weighted by molar-refractivity contribution is -0.379. The number of nitrogens with one attached hydrogen (secondary N) is 1. The van der Waals surface area contributed by atoms with Gasteiger partial charge in [-0.15, -0.1) is 0 Å². The number of aliphatic hydroxyl groups is 11. The van der Waals surface area contributed by atoms with E-state index in [2.05, 4.69) is 19.2 Å². The minimum Gasteiger partial charge on any atom is -0.394 e. The van der Waals surface area contributed by atoms with E-state index in [0.717, 1.165) is 57.8 Å². The molecule has 19 nitrogen and oxygen atoms in total. The Morgan fingerprint density at radius 3 is 1.32 bits per heavy atom. The fraction of sp³-hybridized carbons (Fsp3) is 0.979. The number of carbonyl (C=O) groups is 1. The zero-order valence-corrected chi connectivity index (χ0v) is 39.7. The van der Waals surface area contributed by atoms with Gasteiger partial charge in [0.25, 0.3) is 0 Å². The van der Waals surface area contributed by atoms with Crippen molar-refractivity contribution < 1.29 is 89.4 Å². The molecule has 390 valence electrons. The third-order valence-corrected chi connectivity index (χ3v) is 13.2. The first-order chi connectivity index (χ1) is 31.8. The Balaban J connectivity index is 1.53. The van der Waals surface area contributed by atoms with E-state index in [0.29, 0.717) is 12.8 Å². The van der Waals surface area contributed by atoms with Gasteiger partial charge in [0, 0.05) is 6.42 Å². The summed E-state index contributed by atoms with van der Waals surface area (Å²) < 4.78 is 34.1. The lowest BCUT2D eigenvalue weighted by Crippen LogP contribution is -2.66. The molecule has 0 aliphatic carbocycles. The van der Waals surface area contributed by atoms with Crippen LogP contribution in [-0.4, -0.2) is 193 Å². The van der Waals surface area contributed by atoms with Crippen LogP contribution in [-0.2, 0) is 33.2 Å². The van der Waals surface area contributed by atoms with Crippen LogP contribution in [0.3, 0.4) is 0 Å². The first kappa shape index (κ1) is 59.1. The van der Waals surface area contributed by atoms with Crippen LogP contribution in [0.15, 0.2) is 0 Å². The maximum atomic E-state index is 13.2. The molecule has 0 bridgehead atoms. The molecule has 17 unspecified atom stereocenters. The SMILES string of the molecule is CCCCCCCCCCCCCCCCC(=O)NC(COC1OC(CO)C(OC2OC(CO)C(OC3OC(CO)C(O)C(O)C3O)C(O)C2O)C(O)C1O)C(O)CCCCCCCCC. The number of unbranched alkanes of at least 4 members (excludes halogenated alkanes) is 19. The number of amides is 1. The number of rotatable bonds is 35. The van der Waals surface area contributed by atoms with Crippen molar-refractivity contribution in [2.24, 2.45) is 0 Å². The number of ether oxygens (including phenoxy) is 6. The highest BCUT2D eigenvalue weighted by Gasteiger charge is 2.53. The molecule has 12 N–H and O–H groups in total. The summed E-state index contributed by atoms with van der Waals surface area (Å²) in [6, 6.07) is -0.875. The lowest BCUT2D eigenvalue weighted by Gasteiger charge is -2.48. The van der Waals surface area contributed by atoms with E-state index in [1.54, 1.807) is 0 Å². The Kier molecular flexibility index (Phi) is 29.9. The highest BCUT2D eigenvalue weighted by molar-refractivity contribution is 5.76. The molecule has 0 aromatic rings. The van der Waals surface area contributed by atoms with Gasteiger partial charge >= 0.3 is 0 Å². The van der Waals surface area contributed by atoms with Crippen LogP contribution in [0.4, 0.5) is 0 Å². The molecule has 19 heteroatoms. The molecule has 66 heavy (non-hydrogen) atoms. The molecule has 0 radical (unpaired) electrons. The molecule has 3 saturated heterocycles. The molecule has 0 spiro atoms. The molecule has 3 aliphatic rings. The highest BCUT2D eigenvalue weighted by Crippen LogP contribution is 2.33. The number of hydrogen-bond donors (Lipinski definition) is 12. The molecule has 0 saturated carbocycles. The summed E-state index contributed by atoms with van der Waals surface area (Å²) in [5, 5.41) is 119. The fourth-order valence-electron chi connectivity index (χ4n) is 8.90. The quantitative estimate of drug-likeness (QED) is 0.0399. The van der Waals surface area contributed by atoms with E-state index in [9.17, 15) is 61.0 Å². The number of hydrogen-bond acceptors (Lipinski definition) is 18. The molecule has 1 amide bonds. The summed E-state index contributed by atoms with van der Waals surface area (Å²) in [6.45, 7) is 1.70. The minimum absolute atomic E-state index is 0.247. The van der Waals surface area contributed by atoms with Gasteiger partial charge in [-0.3, -0.25) is 4.79 Å². The zero-order chi connectivity index (χ0) is 48.4. The average molecular weight is 956 g/mol. The lowest BCUT2D eigenvalue weighted by atomic mass is 9.96. The van der Waals surface area contributed by atoms with Crippen molar-refractivity contribution in [3.05, 3.63) is 0 Å². The molecule has 3 fully saturated rings. The van der Waals surface area contributed by atoms with Crippen molar-refractivity contribution >= 4 is 5.91 Å². The van der Waals surface area contributed by atoms with Crippen LogP contribution in [0.1, 0.15) is 162 Å². The van der Waals surface area contributed by atoms with E-state index in [4.69, 9.17) is 28.4 Å². The molecule has 3 aliphatic heterocycles. The summed E-state index contributed by atoms with van der Waals surface area (Å²) in [4.78, 5) is 13.2. The Hall–Kier alpha value is -1.21. The normalized spacial score (nSPS) is 33.7. The smallest absolute Gasteiger partial charge is 0.220 e. The maximum Gasteiger partial charge on any atom is 0.220 e. The Morgan fingerprint density at radius 1 is 0.485 bits per heavy atom. The van der Waals surface area contributed by atoms with Gasteiger partial charge < -0.3 is 89.9 Å². The van der Waals surface area contributed by atoms with Crippen molar-refractivity contribution in [3.8, 4) is 0 Å². The molecule has 17 atom stereocenters. The molecular formula is C47H89NO18. The Morgan fingerprint density at radius 2 is 0.864 bits per heavy atom. The second-order valence-corrected chi connectivity index (χ2v) is 18.6. The average Bonchev–Trinajstić information content (AvgIpc) is 3.31. The topological polar surface area (TPSA) is 307 Å². The summed E-state index contributed by atoms with van der Waals surface area (Å²) in [5.74, 6) is -0.247. The second-order valence-electron chi connectivity index (χ2n) is 18.6. The minimum atomic E-state index is -1.97. The van der Waals surface area contributed by atoms with Crippen LogP contribution in [0.2, 0.25) is 0 Å². The van der Waals surface area contributed by atoms with Gasteiger partial charge in [-0.25, -0.2) is 0 Å². The summed E-state index contributed by atoms with van der Waals surface area (Å²) >= 11 is 0. The summed E-state index contributed by atoms with van der Waals surface area (Å²) in [6.07, 6.45) is -1.81. The third kappa shape index (κ3) is 19.5. The third-order valence-electron chi connectivity index (χ3n) is 13.2. The molecule has 0 aromatic heterocycles. The molecule has 3 rings (SSSR count). The zero-order valence-electron chi connectivity index (χ0n) is 39.7. The van der Waals surface area contributed by atoms with Gasteiger partial charge in [0.1, 0.15) is 73.2 Å². The predicted octanol–water partition coefficient (Wildman–Crippen LogP) is 1.31. The summed E-state index contributed by atoms with van der Waals surface area (Å²) in [7, 11) is 0. The maximum absolute atomic E-state index is 13.2. The highest BCUT2D eigenvalue weighted by atomic mass is 16.8. The largest absolute Gasteiger partial charge is 0.394 e. The second kappa shape index (κ2) is 33.4. The van der Waals surface area contributed by atoms with Gasteiger partial charge in [0.2, 0.25) is 5.91 Å². The van der Waals surface area contributed by atoms with Gasteiger partial charge in [-0.05, 0) is 12.8 Å². The molecular weight excluding hydrogens is 867 g/mol. The van der Waals surface area contributed by atoms with E-state index in [1.807, 2.05) is 0 Å². The number of aliphatic hydroxyl groups excluding tert-OH is 11. The fourth-order valence-corrected chi connectivity index (χ4v) is 8.90. The van der Waals surface area contributed by atoms with Gasteiger partial charge in [0.15, 0.2) is 18.9 Å². The van der Waals surface area contributed by atoms with Crippen LogP contribution in [0.5, 0.6) is 0 Å². The Labute approximate surface area is 392 Å². The Bertz CT molecular complexity index is 1240. The van der Waals surface area contributed by atoms with E-state index in [1.165, 1.54) is 70.6 Å². The van der Waals surface area contributed by atoms with Gasteiger partial charge in [-0.2, -0.15) is 0 Å². The van der Waals surface area contributed by atoms with Crippen molar-refractivity contribution in [1.82, 2.24) is 5.32 Å². The molecule has 0 aromatic carbocycles. The van der Waals surface area contributed by atoms with Gasteiger partial charge in [0.05, 0.1) is 38.6 Å². The van der Waals surface area contributed by atoms with E-state index < -0.39 is 124 Å². The van der Waals surface area contributed by atoms with Crippen molar-refractivity contribution in [3.63, 3.8) is 0 Å². The first-order valence-corrected chi connectivity index (χ1v) is 25.3.